The maximum Gasteiger partial charge on any atom is 0.313 e. The van der Waals surface area contributed by atoms with E-state index in [2.05, 4.69) is 37.5 Å². The van der Waals surface area contributed by atoms with E-state index in [4.69, 9.17) is 5.26 Å². The van der Waals surface area contributed by atoms with Gasteiger partial charge in [-0.1, -0.05) is 32.9 Å². The highest BCUT2D eigenvalue weighted by molar-refractivity contribution is 6.39. The fraction of sp³-hybridized carbons (Fsp3) is 0.471. The molecule has 0 atom stereocenters. The van der Waals surface area contributed by atoms with Crippen molar-refractivity contribution >= 4 is 17.5 Å². The highest BCUT2D eigenvalue weighted by Gasteiger charge is 2.14. The summed E-state index contributed by atoms with van der Waals surface area (Å²) in [6.07, 6.45) is 2.14. The van der Waals surface area contributed by atoms with Crippen molar-refractivity contribution in [3.8, 4) is 6.07 Å². The van der Waals surface area contributed by atoms with Crippen molar-refractivity contribution in [2.24, 2.45) is 5.41 Å². The number of carbonyl (C=O) groups is 2. The maximum atomic E-state index is 11.7. The molecule has 0 saturated heterocycles. The van der Waals surface area contributed by atoms with Crippen molar-refractivity contribution in [2.75, 3.05) is 11.9 Å². The molecule has 1 rings (SSSR count). The second-order valence-electron chi connectivity index (χ2n) is 6.41. The van der Waals surface area contributed by atoms with Crippen molar-refractivity contribution in [2.45, 2.75) is 40.0 Å². The number of rotatable bonds is 5. The predicted octanol–water partition coefficient (Wildman–Crippen LogP) is 2.63. The Morgan fingerprint density at radius 2 is 1.77 bits per heavy atom. The second kappa shape index (κ2) is 8.18. The van der Waals surface area contributed by atoms with Gasteiger partial charge in [0, 0.05) is 12.2 Å². The van der Waals surface area contributed by atoms with E-state index < -0.39 is 11.8 Å². The van der Waals surface area contributed by atoms with E-state index in [1.165, 1.54) is 0 Å². The van der Waals surface area contributed by atoms with Crippen molar-refractivity contribution in [3.05, 3.63) is 29.8 Å². The minimum absolute atomic E-state index is 0.220. The summed E-state index contributed by atoms with van der Waals surface area (Å²) in [6.45, 7) is 6.90. The van der Waals surface area contributed by atoms with E-state index in [9.17, 15) is 9.59 Å². The molecule has 0 saturated carbocycles. The van der Waals surface area contributed by atoms with Crippen molar-refractivity contribution in [3.63, 3.8) is 0 Å². The SMILES string of the molecule is CC(C)(C)CCCNC(=O)C(=O)Nc1ccc(CC#N)cc1. The molecular weight excluding hydrogens is 278 g/mol. The van der Waals surface area contributed by atoms with E-state index in [0.717, 1.165) is 18.4 Å². The first kappa shape index (κ1) is 17.7. The van der Waals surface area contributed by atoms with E-state index >= 15 is 0 Å². The van der Waals surface area contributed by atoms with Gasteiger partial charge in [-0.15, -0.1) is 0 Å². The van der Waals surface area contributed by atoms with Crippen LogP contribution in [0.15, 0.2) is 24.3 Å². The van der Waals surface area contributed by atoms with Crippen LogP contribution >= 0.6 is 0 Å². The number of hydrogen-bond donors (Lipinski definition) is 2. The Labute approximate surface area is 131 Å². The summed E-state index contributed by atoms with van der Waals surface area (Å²) in [6, 6.07) is 8.91. The van der Waals surface area contributed by atoms with E-state index in [0.29, 0.717) is 18.7 Å². The molecule has 0 unspecified atom stereocenters. The van der Waals surface area contributed by atoms with Gasteiger partial charge in [0.05, 0.1) is 12.5 Å². The minimum Gasteiger partial charge on any atom is -0.348 e. The zero-order valence-corrected chi connectivity index (χ0v) is 13.4. The topological polar surface area (TPSA) is 82.0 Å². The third-order valence-electron chi connectivity index (χ3n) is 3.09. The number of nitrogens with one attached hydrogen (secondary N) is 2. The third kappa shape index (κ3) is 6.89. The van der Waals surface area contributed by atoms with E-state index in [1.807, 2.05) is 0 Å². The Balaban J connectivity index is 2.38. The van der Waals surface area contributed by atoms with Crippen molar-refractivity contribution < 1.29 is 9.59 Å². The minimum atomic E-state index is -0.677. The first-order chi connectivity index (χ1) is 10.3. The molecule has 0 heterocycles. The molecule has 118 valence electrons. The van der Waals surface area contributed by atoms with Gasteiger partial charge in [0.15, 0.2) is 0 Å². The van der Waals surface area contributed by atoms with Crippen LogP contribution in [0.5, 0.6) is 0 Å². The molecule has 2 amide bonds. The van der Waals surface area contributed by atoms with Gasteiger partial charge < -0.3 is 10.6 Å². The molecule has 0 aromatic heterocycles. The van der Waals surface area contributed by atoms with Crippen LogP contribution in [0.2, 0.25) is 0 Å². The lowest BCUT2D eigenvalue weighted by atomic mass is 9.91. The lowest BCUT2D eigenvalue weighted by Gasteiger charge is -2.17. The smallest absolute Gasteiger partial charge is 0.313 e. The van der Waals surface area contributed by atoms with E-state index in [1.54, 1.807) is 24.3 Å². The van der Waals surface area contributed by atoms with Crippen LogP contribution in [0.3, 0.4) is 0 Å². The summed E-state index contributed by atoms with van der Waals surface area (Å²) in [5, 5.41) is 13.7. The molecule has 0 aliphatic heterocycles. The summed E-state index contributed by atoms with van der Waals surface area (Å²) in [7, 11) is 0. The lowest BCUT2D eigenvalue weighted by molar-refractivity contribution is -0.136. The zero-order chi connectivity index (χ0) is 16.6. The normalized spacial score (nSPS) is 10.6. The summed E-state index contributed by atoms with van der Waals surface area (Å²) in [5.41, 5.74) is 1.63. The second-order valence-corrected chi connectivity index (χ2v) is 6.41. The first-order valence-corrected chi connectivity index (χ1v) is 7.37. The molecule has 0 aliphatic rings. The number of nitrogens with zero attached hydrogens (tertiary/aromatic N) is 1. The average molecular weight is 301 g/mol. The molecule has 0 bridgehead atoms. The van der Waals surface area contributed by atoms with Crippen LogP contribution in [-0.2, 0) is 16.0 Å². The Hall–Kier alpha value is -2.35. The van der Waals surface area contributed by atoms with Crippen LogP contribution in [0, 0.1) is 16.7 Å². The molecule has 0 aliphatic carbocycles. The van der Waals surface area contributed by atoms with Crippen LogP contribution in [0.25, 0.3) is 0 Å². The quantitative estimate of drug-likeness (QED) is 0.648. The maximum absolute atomic E-state index is 11.7. The van der Waals surface area contributed by atoms with Gasteiger partial charge in [-0.05, 0) is 36.0 Å². The van der Waals surface area contributed by atoms with Gasteiger partial charge in [-0.25, -0.2) is 0 Å². The van der Waals surface area contributed by atoms with E-state index in [-0.39, 0.29) is 5.41 Å². The molecule has 0 radical (unpaired) electrons. The van der Waals surface area contributed by atoms with Gasteiger partial charge in [0.2, 0.25) is 0 Å². The Bertz CT molecular complexity index is 551. The largest absolute Gasteiger partial charge is 0.348 e. The molecule has 0 fully saturated rings. The first-order valence-electron chi connectivity index (χ1n) is 7.37. The fourth-order valence-corrected chi connectivity index (χ4v) is 1.89. The van der Waals surface area contributed by atoms with Crippen molar-refractivity contribution in [1.29, 1.82) is 5.26 Å². The third-order valence-corrected chi connectivity index (χ3v) is 3.09. The van der Waals surface area contributed by atoms with Gasteiger partial charge in [0.1, 0.15) is 0 Å². The summed E-state index contributed by atoms with van der Waals surface area (Å²) in [5.74, 6) is -1.31. The average Bonchev–Trinajstić information content (AvgIpc) is 2.44. The Kier molecular flexibility index (Phi) is 6.58. The number of anilines is 1. The summed E-state index contributed by atoms with van der Waals surface area (Å²) in [4.78, 5) is 23.4. The number of benzene rings is 1. The number of carbonyl (C=O) groups excluding carboxylic acids is 2. The van der Waals surface area contributed by atoms with Gasteiger partial charge in [-0.3, -0.25) is 9.59 Å². The molecule has 22 heavy (non-hydrogen) atoms. The van der Waals surface area contributed by atoms with Crippen LogP contribution in [0.1, 0.15) is 39.2 Å². The standard InChI is InChI=1S/C17H23N3O2/c1-17(2,3)10-4-12-19-15(21)16(22)20-14-7-5-13(6-8-14)9-11-18/h5-8H,4,9-10,12H2,1-3H3,(H,19,21)(H,20,22). The molecule has 1 aromatic rings. The molecule has 5 heteroatoms. The highest BCUT2D eigenvalue weighted by atomic mass is 16.2. The molecule has 0 spiro atoms. The number of amides is 2. The predicted molar refractivity (Wildman–Crippen MR) is 86.1 cm³/mol. The molecule has 1 aromatic carbocycles. The Morgan fingerprint density at radius 1 is 1.14 bits per heavy atom. The van der Waals surface area contributed by atoms with Crippen LogP contribution in [-0.4, -0.2) is 18.4 Å². The molecular formula is C17H23N3O2. The van der Waals surface area contributed by atoms with Gasteiger partial charge in [-0.2, -0.15) is 5.26 Å². The highest BCUT2D eigenvalue weighted by Crippen LogP contribution is 2.19. The van der Waals surface area contributed by atoms with Crippen LogP contribution in [0.4, 0.5) is 5.69 Å². The number of hydrogen-bond acceptors (Lipinski definition) is 3. The van der Waals surface area contributed by atoms with Crippen LogP contribution < -0.4 is 10.6 Å². The number of nitriles is 1. The summed E-state index contributed by atoms with van der Waals surface area (Å²) >= 11 is 0. The molecule has 2 N–H and O–H groups in total. The Morgan fingerprint density at radius 3 is 2.32 bits per heavy atom. The van der Waals surface area contributed by atoms with Gasteiger partial charge >= 0.3 is 11.8 Å². The summed E-state index contributed by atoms with van der Waals surface area (Å²) < 4.78 is 0. The fourth-order valence-electron chi connectivity index (χ4n) is 1.89. The zero-order valence-electron chi connectivity index (χ0n) is 13.4. The van der Waals surface area contributed by atoms with Crippen molar-refractivity contribution in [1.82, 2.24) is 5.32 Å². The lowest BCUT2D eigenvalue weighted by Crippen LogP contribution is -2.36. The monoisotopic (exact) mass is 301 g/mol. The molecule has 5 nitrogen and oxygen atoms in total. The van der Waals surface area contributed by atoms with Gasteiger partial charge in [0.25, 0.3) is 0 Å².